The van der Waals surface area contributed by atoms with E-state index in [1.54, 1.807) is 0 Å². The van der Waals surface area contributed by atoms with Crippen molar-refractivity contribution in [2.45, 2.75) is 24.7 Å². The molecule has 1 spiro atoms. The molecule has 2 aromatic heterocycles. The van der Waals surface area contributed by atoms with Gasteiger partial charge in [0, 0.05) is 38.6 Å². The van der Waals surface area contributed by atoms with Crippen molar-refractivity contribution < 1.29 is 4.42 Å². The molecule has 3 nitrogen and oxygen atoms in total. The normalized spacial score (nSPS) is 13.9. The maximum Gasteiger partial charge on any atom is 0.137 e. The highest BCUT2D eigenvalue weighted by Crippen LogP contribution is 2.64. The summed E-state index contributed by atoms with van der Waals surface area (Å²) in [7, 11) is 0. The van der Waals surface area contributed by atoms with Gasteiger partial charge in [-0.05, 0) is 174 Å². The molecule has 0 radical (unpaired) electrons. The minimum absolute atomic E-state index is 0.206. The average molecular weight is 1010 g/mol. The zero-order valence-electron chi connectivity index (χ0n) is 43.7. The molecule has 0 atom stereocenters. The van der Waals surface area contributed by atoms with Gasteiger partial charge in [-0.3, -0.25) is 0 Å². The first-order valence-electron chi connectivity index (χ1n) is 27.6. The van der Waals surface area contributed by atoms with Crippen molar-refractivity contribution in [3.8, 4) is 61.3 Å². The van der Waals surface area contributed by atoms with Gasteiger partial charge in [-0.2, -0.15) is 0 Å². The Morgan fingerprint density at radius 3 is 1.58 bits per heavy atom. The van der Waals surface area contributed by atoms with E-state index in [2.05, 4.69) is 290 Å². The van der Waals surface area contributed by atoms with Gasteiger partial charge in [-0.15, -0.1) is 0 Å². The highest BCUT2D eigenvalue weighted by molar-refractivity contribution is 6.15. The molecule has 0 N–H and O–H groups in total. The Bertz CT molecular complexity index is 4840. The monoisotopic (exact) mass is 1010 g/mol. The first kappa shape index (κ1) is 44.2. The fraction of sp³-hybridized carbons (Fsp3) is 0.0526. The van der Waals surface area contributed by atoms with Crippen molar-refractivity contribution in [1.29, 1.82) is 0 Å². The van der Waals surface area contributed by atoms with Crippen LogP contribution in [-0.4, -0.2) is 4.57 Å². The Kier molecular flexibility index (Phi) is 9.11. The number of fused-ring (bicyclic) bond motifs is 19. The summed E-state index contributed by atoms with van der Waals surface area (Å²) in [6.45, 7) is 4.76. The fourth-order valence-corrected chi connectivity index (χ4v) is 14.5. The summed E-state index contributed by atoms with van der Waals surface area (Å²) in [5.74, 6) is 0. The molecule has 0 saturated heterocycles. The molecule has 14 aromatic rings. The Labute approximate surface area is 458 Å². The molecule has 0 fully saturated rings. The van der Waals surface area contributed by atoms with Crippen LogP contribution >= 0.6 is 0 Å². The molecule has 3 aliphatic carbocycles. The second-order valence-electron chi connectivity index (χ2n) is 22.3. The van der Waals surface area contributed by atoms with Crippen LogP contribution in [0.5, 0.6) is 0 Å². The Balaban J connectivity index is 0.903. The summed E-state index contributed by atoms with van der Waals surface area (Å²) >= 11 is 0. The van der Waals surface area contributed by atoms with Crippen molar-refractivity contribution in [2.75, 3.05) is 4.90 Å². The van der Waals surface area contributed by atoms with Gasteiger partial charge in [0.05, 0.1) is 27.5 Å². The molecule has 0 bridgehead atoms. The first-order valence-corrected chi connectivity index (χ1v) is 27.6. The topological polar surface area (TPSA) is 21.3 Å². The minimum atomic E-state index is -0.566. The first-order chi connectivity index (χ1) is 38.9. The molecule has 0 saturated carbocycles. The average Bonchev–Trinajstić information content (AvgIpc) is 2.81. The third kappa shape index (κ3) is 6.07. The lowest BCUT2D eigenvalue weighted by atomic mass is 9.70. The van der Waals surface area contributed by atoms with Crippen LogP contribution in [0.15, 0.2) is 271 Å². The summed E-state index contributed by atoms with van der Waals surface area (Å²) in [5, 5.41) is 4.61. The van der Waals surface area contributed by atoms with Crippen LogP contribution < -0.4 is 4.90 Å². The number of rotatable bonds is 6. The summed E-state index contributed by atoms with van der Waals surface area (Å²) in [6, 6.07) is 99.4. The Morgan fingerprint density at radius 2 is 0.848 bits per heavy atom. The van der Waals surface area contributed by atoms with Crippen LogP contribution in [0.3, 0.4) is 0 Å². The van der Waals surface area contributed by atoms with Crippen molar-refractivity contribution in [3.63, 3.8) is 0 Å². The van der Waals surface area contributed by atoms with E-state index >= 15 is 0 Å². The van der Waals surface area contributed by atoms with E-state index < -0.39 is 5.41 Å². The van der Waals surface area contributed by atoms with Crippen LogP contribution in [0.2, 0.25) is 0 Å². The zero-order valence-corrected chi connectivity index (χ0v) is 43.7. The second-order valence-corrected chi connectivity index (χ2v) is 22.3. The summed E-state index contributed by atoms with van der Waals surface area (Å²) in [4.78, 5) is 2.52. The number of benzene rings is 12. The van der Waals surface area contributed by atoms with E-state index in [1.807, 2.05) is 0 Å². The largest absolute Gasteiger partial charge is 0.456 e. The van der Waals surface area contributed by atoms with Gasteiger partial charge >= 0.3 is 0 Å². The third-order valence-electron chi connectivity index (χ3n) is 18.0. The van der Waals surface area contributed by atoms with Crippen molar-refractivity contribution >= 4 is 60.8 Å². The molecule has 3 heteroatoms. The molecule has 0 amide bonds. The highest BCUT2D eigenvalue weighted by Gasteiger charge is 2.52. The van der Waals surface area contributed by atoms with Gasteiger partial charge in [-0.1, -0.05) is 196 Å². The van der Waals surface area contributed by atoms with Crippen LogP contribution in [0.4, 0.5) is 17.1 Å². The molecule has 12 aromatic carbocycles. The lowest BCUT2D eigenvalue weighted by molar-refractivity contribution is 0.660. The van der Waals surface area contributed by atoms with Gasteiger partial charge in [-0.25, -0.2) is 0 Å². The zero-order chi connectivity index (χ0) is 52.1. The molecule has 0 unspecified atom stereocenters. The second kappa shape index (κ2) is 16.3. The van der Waals surface area contributed by atoms with Gasteiger partial charge in [0.1, 0.15) is 11.2 Å². The molecule has 17 rings (SSSR count). The third-order valence-corrected chi connectivity index (χ3v) is 18.0. The van der Waals surface area contributed by atoms with Gasteiger partial charge in [0.15, 0.2) is 0 Å². The van der Waals surface area contributed by atoms with Crippen LogP contribution in [0.1, 0.15) is 47.2 Å². The Hall–Kier alpha value is -9.96. The highest BCUT2D eigenvalue weighted by atomic mass is 16.3. The molecule has 3 aliphatic rings. The lowest BCUT2D eigenvalue weighted by Crippen LogP contribution is -2.26. The predicted molar refractivity (Wildman–Crippen MR) is 327 cm³/mol. The van der Waals surface area contributed by atoms with Crippen LogP contribution in [-0.2, 0) is 10.8 Å². The summed E-state index contributed by atoms with van der Waals surface area (Å²) in [6.07, 6.45) is 0. The number of aromatic nitrogens is 1. The molecule has 2 heterocycles. The van der Waals surface area contributed by atoms with E-state index in [1.165, 1.54) is 99.7 Å². The molecule has 370 valence electrons. The number of furan rings is 1. The van der Waals surface area contributed by atoms with Crippen molar-refractivity contribution in [2.24, 2.45) is 0 Å². The molecular weight excluding hydrogens is 957 g/mol. The lowest BCUT2D eigenvalue weighted by Gasteiger charge is -2.33. The molecular formula is C76H50N2O. The fourth-order valence-electron chi connectivity index (χ4n) is 14.5. The number of hydrogen-bond acceptors (Lipinski definition) is 2. The predicted octanol–water partition coefficient (Wildman–Crippen LogP) is 20.1. The number of nitrogens with zero attached hydrogens (tertiary/aromatic N) is 2. The van der Waals surface area contributed by atoms with E-state index in [0.29, 0.717) is 0 Å². The van der Waals surface area contributed by atoms with Gasteiger partial charge in [0.2, 0.25) is 0 Å². The standard InChI is InChI=1S/C76H50N2O/c1-75(2)63-26-13-9-22-54(63)57-38-35-52(45-66(57)75)77(53-36-39-59-58-37-32-50(47-18-5-3-6-19-47)44-67(58)76(68(59)46-53)64-27-14-10-23-55(64)56-24-11-15-28-65(56)76)71-30-17-31-73-74(71)62-43-49(34-41-72(62)79-73)48-33-40-70-61(42-48)60-25-12-16-29-69(60)78(70)51-20-7-4-8-21-51/h3-46H,1-2H3. The maximum atomic E-state index is 6.92. The number of para-hydroxylation sites is 2. The van der Waals surface area contributed by atoms with E-state index in [0.717, 1.165) is 55.8 Å². The quantitative estimate of drug-likeness (QED) is 0.166. The number of anilines is 3. The molecule has 0 aliphatic heterocycles. The van der Waals surface area contributed by atoms with Gasteiger partial charge in [0.25, 0.3) is 0 Å². The van der Waals surface area contributed by atoms with E-state index in [4.69, 9.17) is 4.42 Å². The van der Waals surface area contributed by atoms with Crippen LogP contribution in [0.25, 0.3) is 105 Å². The minimum Gasteiger partial charge on any atom is -0.456 e. The van der Waals surface area contributed by atoms with Gasteiger partial charge < -0.3 is 13.9 Å². The maximum absolute atomic E-state index is 6.92. The summed E-state index contributed by atoms with van der Waals surface area (Å²) < 4.78 is 9.31. The van der Waals surface area contributed by atoms with Crippen molar-refractivity contribution in [1.82, 2.24) is 4.57 Å². The smallest absolute Gasteiger partial charge is 0.137 e. The van der Waals surface area contributed by atoms with Crippen molar-refractivity contribution in [3.05, 3.63) is 300 Å². The SMILES string of the molecule is CC1(C)c2ccccc2-c2ccc(N(c3ccc4c(c3)C3(c5ccccc5-c5ccccc53)c3cc(-c5ccccc5)ccc3-4)c3cccc4oc5ccc(-c6ccc7c(c6)c6ccccc6n7-c6ccccc6)cc5c34)cc21. The number of hydrogen-bond donors (Lipinski definition) is 0. The Morgan fingerprint density at radius 1 is 0.329 bits per heavy atom. The van der Waals surface area contributed by atoms with E-state index in [-0.39, 0.29) is 5.41 Å². The van der Waals surface area contributed by atoms with E-state index in [9.17, 15) is 0 Å². The summed E-state index contributed by atoms with van der Waals surface area (Å²) in [5.41, 5.74) is 28.1. The van der Waals surface area contributed by atoms with Crippen LogP contribution in [0, 0.1) is 0 Å². The molecule has 79 heavy (non-hydrogen) atoms.